The van der Waals surface area contributed by atoms with Crippen LogP contribution in [0.25, 0.3) is 0 Å². The van der Waals surface area contributed by atoms with Gasteiger partial charge in [-0.2, -0.15) is 0 Å². The van der Waals surface area contributed by atoms with Crippen LogP contribution in [0.3, 0.4) is 0 Å². The Hall–Kier alpha value is -1.41. The van der Waals surface area contributed by atoms with Crippen LogP contribution >= 0.6 is 23.2 Å². The second kappa shape index (κ2) is 7.83. The van der Waals surface area contributed by atoms with Crippen LogP contribution in [0.2, 0.25) is 10.0 Å². The number of hydrogen-bond donors (Lipinski definition) is 1. The van der Waals surface area contributed by atoms with Crippen molar-refractivity contribution >= 4 is 35.2 Å². The largest absolute Gasteiger partial charge is 0.478 e. The summed E-state index contributed by atoms with van der Waals surface area (Å²) in [6, 6.07) is 3.23. The fraction of sp³-hybridized carbons (Fsp3) is 0.250. The smallest absolute Gasteiger partial charge is 0.158 e. The number of nitrogens with zero attached hydrogens (tertiary/aromatic N) is 1. The molecule has 0 amide bonds. The van der Waals surface area contributed by atoms with Crippen LogP contribution in [-0.4, -0.2) is 19.6 Å². The highest BCUT2D eigenvalue weighted by atomic mass is 35.5. The second-order valence-electron chi connectivity index (χ2n) is 3.04. The van der Waals surface area contributed by atoms with Gasteiger partial charge in [0.1, 0.15) is 12.9 Å². The van der Waals surface area contributed by atoms with Crippen molar-refractivity contribution in [3.63, 3.8) is 0 Å². The van der Waals surface area contributed by atoms with Gasteiger partial charge in [-0.1, -0.05) is 29.1 Å². The number of halogens is 2. The van der Waals surface area contributed by atoms with Crippen molar-refractivity contribution in [2.45, 2.75) is 6.92 Å². The average molecular weight is 287 g/mol. The van der Waals surface area contributed by atoms with Crippen LogP contribution in [-0.2, 0) is 4.84 Å². The second-order valence-corrected chi connectivity index (χ2v) is 3.85. The van der Waals surface area contributed by atoms with Crippen molar-refractivity contribution in [2.24, 2.45) is 4.99 Å². The molecule has 0 aromatic heterocycles. The van der Waals surface area contributed by atoms with Crippen molar-refractivity contribution in [3.8, 4) is 18.1 Å². The highest BCUT2D eigenvalue weighted by Gasteiger charge is 2.08. The summed E-state index contributed by atoms with van der Waals surface area (Å²) in [7, 11) is 0. The van der Waals surface area contributed by atoms with E-state index < -0.39 is 0 Å². The van der Waals surface area contributed by atoms with E-state index in [1.807, 2.05) is 6.92 Å². The molecule has 0 saturated carbocycles. The fourth-order valence-corrected chi connectivity index (χ4v) is 1.68. The third-order valence-corrected chi connectivity index (χ3v) is 2.34. The topological polar surface area (TPSA) is 42.8 Å². The van der Waals surface area contributed by atoms with E-state index >= 15 is 0 Å². The SMILES string of the molecule is C#CCOc1c(Cl)cc(N=CNOCC)cc1Cl. The molecular weight excluding hydrogens is 275 g/mol. The maximum atomic E-state index is 6.01. The molecule has 0 unspecified atom stereocenters. The molecule has 0 atom stereocenters. The Balaban J connectivity index is 2.79. The minimum Gasteiger partial charge on any atom is -0.478 e. The fourth-order valence-electron chi connectivity index (χ4n) is 1.09. The van der Waals surface area contributed by atoms with E-state index in [-0.39, 0.29) is 6.61 Å². The number of benzene rings is 1. The van der Waals surface area contributed by atoms with Gasteiger partial charge in [0.25, 0.3) is 0 Å². The van der Waals surface area contributed by atoms with Gasteiger partial charge in [-0.15, -0.1) is 6.42 Å². The molecule has 18 heavy (non-hydrogen) atoms. The van der Waals surface area contributed by atoms with Crippen LogP contribution in [0, 0.1) is 12.3 Å². The van der Waals surface area contributed by atoms with Crippen molar-refractivity contribution < 1.29 is 9.57 Å². The van der Waals surface area contributed by atoms with E-state index in [9.17, 15) is 0 Å². The zero-order chi connectivity index (χ0) is 13.4. The molecule has 0 saturated heterocycles. The van der Waals surface area contributed by atoms with Crippen LogP contribution in [0.1, 0.15) is 6.92 Å². The molecule has 0 heterocycles. The molecular formula is C12H12Cl2N2O2. The maximum Gasteiger partial charge on any atom is 0.158 e. The minimum absolute atomic E-state index is 0.105. The monoisotopic (exact) mass is 286 g/mol. The molecule has 1 N–H and O–H groups in total. The van der Waals surface area contributed by atoms with E-state index in [1.165, 1.54) is 6.34 Å². The van der Waals surface area contributed by atoms with E-state index in [0.29, 0.717) is 28.1 Å². The number of ether oxygens (including phenoxy) is 1. The molecule has 0 radical (unpaired) electrons. The van der Waals surface area contributed by atoms with E-state index in [4.69, 9.17) is 39.2 Å². The van der Waals surface area contributed by atoms with Crippen LogP contribution in [0.5, 0.6) is 5.75 Å². The highest BCUT2D eigenvalue weighted by Crippen LogP contribution is 2.36. The van der Waals surface area contributed by atoms with Gasteiger partial charge in [-0.05, 0) is 19.1 Å². The van der Waals surface area contributed by atoms with Crippen LogP contribution in [0.4, 0.5) is 5.69 Å². The Morgan fingerprint density at radius 1 is 1.44 bits per heavy atom. The number of nitrogens with one attached hydrogen (secondary N) is 1. The lowest BCUT2D eigenvalue weighted by Gasteiger charge is -2.08. The Morgan fingerprint density at radius 2 is 2.11 bits per heavy atom. The predicted octanol–water partition coefficient (Wildman–Crippen LogP) is 3.21. The first kappa shape index (κ1) is 14.7. The predicted molar refractivity (Wildman–Crippen MR) is 73.7 cm³/mol. The summed E-state index contributed by atoms with van der Waals surface area (Å²) in [5.74, 6) is 2.69. The summed E-state index contributed by atoms with van der Waals surface area (Å²) in [6.07, 6.45) is 6.49. The number of hydroxylamine groups is 1. The molecule has 0 bridgehead atoms. The Kier molecular flexibility index (Phi) is 6.37. The normalized spacial score (nSPS) is 10.3. The van der Waals surface area contributed by atoms with Crippen molar-refractivity contribution in [1.29, 1.82) is 0 Å². The lowest BCUT2D eigenvalue weighted by Crippen LogP contribution is -2.10. The van der Waals surface area contributed by atoms with Gasteiger partial charge in [0.15, 0.2) is 5.75 Å². The van der Waals surface area contributed by atoms with E-state index in [2.05, 4.69) is 16.4 Å². The summed E-state index contributed by atoms with van der Waals surface area (Å²) in [5.41, 5.74) is 3.11. The zero-order valence-corrected chi connectivity index (χ0v) is 11.3. The summed E-state index contributed by atoms with van der Waals surface area (Å²) in [4.78, 5) is 8.94. The quantitative estimate of drug-likeness (QED) is 0.287. The number of aliphatic imine (C=N–C) groups is 1. The van der Waals surface area contributed by atoms with Crippen molar-refractivity contribution in [3.05, 3.63) is 22.2 Å². The first-order valence-corrected chi connectivity index (χ1v) is 5.89. The molecule has 1 rings (SSSR count). The molecule has 96 valence electrons. The summed E-state index contributed by atoms with van der Waals surface area (Å²) in [6.45, 7) is 2.49. The Labute approximate surface area is 116 Å². The molecule has 0 aliphatic rings. The molecule has 6 heteroatoms. The van der Waals surface area contributed by atoms with Gasteiger partial charge in [0, 0.05) is 0 Å². The molecule has 1 aromatic rings. The lowest BCUT2D eigenvalue weighted by molar-refractivity contribution is 0.100. The first-order valence-electron chi connectivity index (χ1n) is 5.14. The molecule has 0 fully saturated rings. The van der Waals surface area contributed by atoms with Gasteiger partial charge >= 0.3 is 0 Å². The standard InChI is InChI=1S/C12H12Cl2N2O2/c1-3-5-17-12-10(13)6-9(7-11(12)14)15-8-16-18-4-2/h1,6-8H,4-5H2,2H3,(H,15,16). The van der Waals surface area contributed by atoms with Crippen molar-refractivity contribution in [2.75, 3.05) is 13.2 Å². The number of rotatable bonds is 6. The number of terminal acetylenes is 1. The Bertz CT molecular complexity index is 447. The molecule has 4 nitrogen and oxygen atoms in total. The minimum atomic E-state index is 0.105. The summed E-state index contributed by atoms with van der Waals surface area (Å²) >= 11 is 12.0. The molecule has 1 aromatic carbocycles. The van der Waals surface area contributed by atoms with Gasteiger partial charge in [0.2, 0.25) is 0 Å². The summed E-state index contributed by atoms with van der Waals surface area (Å²) < 4.78 is 5.22. The highest BCUT2D eigenvalue weighted by molar-refractivity contribution is 6.37. The van der Waals surface area contributed by atoms with E-state index in [0.717, 1.165) is 0 Å². The summed E-state index contributed by atoms with van der Waals surface area (Å²) in [5, 5.41) is 0.697. The molecule has 0 spiro atoms. The number of hydrogen-bond acceptors (Lipinski definition) is 3. The van der Waals surface area contributed by atoms with Crippen molar-refractivity contribution in [1.82, 2.24) is 5.48 Å². The third-order valence-electron chi connectivity index (χ3n) is 1.78. The maximum absolute atomic E-state index is 6.01. The first-order chi connectivity index (χ1) is 8.69. The zero-order valence-electron chi connectivity index (χ0n) is 9.74. The van der Waals surface area contributed by atoms with Gasteiger partial charge < -0.3 is 4.74 Å². The van der Waals surface area contributed by atoms with Crippen LogP contribution in [0.15, 0.2) is 17.1 Å². The Morgan fingerprint density at radius 3 is 2.67 bits per heavy atom. The van der Waals surface area contributed by atoms with Gasteiger partial charge in [-0.25, -0.2) is 4.99 Å². The third kappa shape index (κ3) is 4.46. The van der Waals surface area contributed by atoms with Gasteiger partial charge in [-0.3, -0.25) is 10.3 Å². The molecule has 0 aliphatic heterocycles. The van der Waals surface area contributed by atoms with E-state index in [1.54, 1.807) is 12.1 Å². The van der Waals surface area contributed by atoms with Crippen LogP contribution < -0.4 is 10.2 Å². The average Bonchev–Trinajstić information content (AvgIpc) is 2.34. The lowest BCUT2D eigenvalue weighted by atomic mass is 10.3. The van der Waals surface area contributed by atoms with Gasteiger partial charge in [0.05, 0.1) is 22.3 Å². The molecule has 0 aliphatic carbocycles.